The molecule has 0 aromatic carbocycles. The summed E-state index contributed by atoms with van der Waals surface area (Å²) in [4.78, 5) is 29.6. The van der Waals surface area contributed by atoms with Gasteiger partial charge in [-0.05, 0) is 19.3 Å². The molecule has 25 heavy (non-hydrogen) atoms. The summed E-state index contributed by atoms with van der Waals surface area (Å²) in [5.74, 6) is -1.53. The third-order valence-electron chi connectivity index (χ3n) is 3.00. The number of rotatable bonds is 10. The predicted octanol–water partition coefficient (Wildman–Crippen LogP) is 4.23. The Labute approximate surface area is 150 Å². The standard InChI is InChI=1S/C13H24O2.2C3H4O2/c1-5-7-8-12(6-2)9-10-15-13(14)11(3)4;2*1-2-3(4)5/h12H,3,5-10H2,1-2,4H3;2*2H,1H2,(H,4,5). The van der Waals surface area contributed by atoms with Crippen molar-refractivity contribution in [1.29, 1.82) is 0 Å². The maximum Gasteiger partial charge on any atom is 0.333 e. The smallest absolute Gasteiger partial charge is 0.333 e. The molecule has 0 aliphatic rings. The molecule has 0 aliphatic carbocycles. The third-order valence-corrected chi connectivity index (χ3v) is 3.00. The van der Waals surface area contributed by atoms with Crippen LogP contribution >= 0.6 is 0 Å². The van der Waals surface area contributed by atoms with Crippen molar-refractivity contribution >= 4 is 17.9 Å². The van der Waals surface area contributed by atoms with Crippen molar-refractivity contribution in [1.82, 2.24) is 0 Å². The van der Waals surface area contributed by atoms with Crippen LogP contribution in [0.2, 0.25) is 0 Å². The summed E-state index contributed by atoms with van der Waals surface area (Å²) in [5.41, 5.74) is 0.483. The fraction of sp³-hybridized carbons (Fsp3) is 0.526. The van der Waals surface area contributed by atoms with Crippen LogP contribution in [0, 0.1) is 5.92 Å². The lowest BCUT2D eigenvalue weighted by molar-refractivity contribution is -0.139. The quantitative estimate of drug-likeness (QED) is 0.449. The van der Waals surface area contributed by atoms with Crippen molar-refractivity contribution in [3.05, 3.63) is 37.5 Å². The van der Waals surface area contributed by atoms with Gasteiger partial charge in [-0.25, -0.2) is 14.4 Å². The van der Waals surface area contributed by atoms with Crippen molar-refractivity contribution in [2.45, 2.75) is 52.9 Å². The van der Waals surface area contributed by atoms with Crippen LogP contribution in [0.1, 0.15) is 52.9 Å². The first-order valence-corrected chi connectivity index (χ1v) is 8.19. The van der Waals surface area contributed by atoms with E-state index in [0.29, 0.717) is 18.1 Å². The van der Waals surface area contributed by atoms with Gasteiger partial charge in [-0.15, -0.1) is 0 Å². The fourth-order valence-electron chi connectivity index (χ4n) is 1.49. The number of carboxylic acids is 2. The van der Waals surface area contributed by atoms with Gasteiger partial charge in [0.2, 0.25) is 0 Å². The first-order chi connectivity index (χ1) is 11.7. The summed E-state index contributed by atoms with van der Waals surface area (Å²) in [7, 11) is 0. The van der Waals surface area contributed by atoms with Crippen molar-refractivity contribution in [3.8, 4) is 0 Å². The molecule has 6 heteroatoms. The van der Waals surface area contributed by atoms with Crippen LogP contribution < -0.4 is 0 Å². The number of esters is 1. The molecular weight excluding hydrogens is 324 g/mol. The number of unbranched alkanes of at least 4 members (excludes halogenated alkanes) is 1. The summed E-state index contributed by atoms with van der Waals surface area (Å²) < 4.78 is 5.08. The van der Waals surface area contributed by atoms with E-state index in [4.69, 9.17) is 14.9 Å². The first kappa shape index (κ1) is 27.5. The minimum atomic E-state index is -0.981. The van der Waals surface area contributed by atoms with Crippen LogP contribution in [0.4, 0.5) is 0 Å². The Bertz CT molecular complexity index is 408. The zero-order chi connectivity index (χ0) is 20.3. The van der Waals surface area contributed by atoms with Gasteiger partial charge in [0, 0.05) is 17.7 Å². The summed E-state index contributed by atoms with van der Waals surface area (Å²) in [6.45, 7) is 16.1. The van der Waals surface area contributed by atoms with Gasteiger partial charge in [-0.1, -0.05) is 59.3 Å². The highest BCUT2D eigenvalue weighted by atomic mass is 16.5. The second-order valence-corrected chi connectivity index (χ2v) is 5.21. The maximum atomic E-state index is 11.1. The summed E-state index contributed by atoms with van der Waals surface area (Å²) >= 11 is 0. The second-order valence-electron chi connectivity index (χ2n) is 5.21. The summed E-state index contributed by atoms with van der Waals surface area (Å²) in [6.07, 6.45) is 7.58. The molecule has 144 valence electrons. The summed E-state index contributed by atoms with van der Waals surface area (Å²) in [6, 6.07) is 0. The molecule has 0 saturated carbocycles. The minimum Gasteiger partial charge on any atom is -0.478 e. The molecular formula is C19H32O6. The van der Waals surface area contributed by atoms with Crippen LogP contribution in [-0.4, -0.2) is 34.7 Å². The van der Waals surface area contributed by atoms with Crippen molar-refractivity contribution in [2.75, 3.05) is 6.61 Å². The Kier molecular flexibility index (Phi) is 21.6. The zero-order valence-electron chi connectivity index (χ0n) is 15.6. The van der Waals surface area contributed by atoms with Gasteiger partial charge in [-0.3, -0.25) is 0 Å². The molecule has 0 aromatic rings. The van der Waals surface area contributed by atoms with Crippen LogP contribution in [-0.2, 0) is 19.1 Å². The number of carbonyl (C=O) groups is 3. The van der Waals surface area contributed by atoms with E-state index < -0.39 is 11.9 Å². The minimum absolute atomic E-state index is 0.264. The van der Waals surface area contributed by atoms with E-state index in [9.17, 15) is 14.4 Å². The molecule has 2 N–H and O–H groups in total. The lowest BCUT2D eigenvalue weighted by atomic mass is 9.96. The highest BCUT2D eigenvalue weighted by Gasteiger charge is 2.08. The van der Waals surface area contributed by atoms with Crippen LogP contribution in [0.5, 0.6) is 0 Å². The molecule has 0 fully saturated rings. The van der Waals surface area contributed by atoms with Gasteiger partial charge in [0.25, 0.3) is 0 Å². The average Bonchev–Trinajstić information content (AvgIpc) is 2.58. The van der Waals surface area contributed by atoms with E-state index in [1.165, 1.54) is 25.7 Å². The van der Waals surface area contributed by atoms with Crippen LogP contribution in [0.3, 0.4) is 0 Å². The van der Waals surface area contributed by atoms with Gasteiger partial charge in [0.15, 0.2) is 0 Å². The number of hydrogen-bond acceptors (Lipinski definition) is 4. The van der Waals surface area contributed by atoms with Gasteiger partial charge >= 0.3 is 17.9 Å². The molecule has 0 radical (unpaired) electrons. The van der Waals surface area contributed by atoms with Gasteiger partial charge < -0.3 is 14.9 Å². The van der Waals surface area contributed by atoms with Gasteiger partial charge in [-0.2, -0.15) is 0 Å². The molecule has 0 aromatic heterocycles. The number of carboxylic acid groups (broad SMARTS) is 2. The van der Waals surface area contributed by atoms with Crippen molar-refractivity contribution in [2.24, 2.45) is 5.92 Å². The van der Waals surface area contributed by atoms with Crippen LogP contribution in [0.15, 0.2) is 37.5 Å². The normalized spacial score (nSPS) is 9.88. The van der Waals surface area contributed by atoms with E-state index >= 15 is 0 Å². The van der Waals surface area contributed by atoms with E-state index in [0.717, 1.165) is 18.6 Å². The molecule has 0 heterocycles. The lowest BCUT2D eigenvalue weighted by Gasteiger charge is -2.14. The largest absolute Gasteiger partial charge is 0.478 e. The van der Waals surface area contributed by atoms with Crippen LogP contribution in [0.25, 0.3) is 0 Å². The highest BCUT2D eigenvalue weighted by molar-refractivity contribution is 5.86. The molecule has 6 nitrogen and oxygen atoms in total. The van der Waals surface area contributed by atoms with E-state index in [2.05, 4.69) is 33.6 Å². The molecule has 0 aliphatic heterocycles. The average molecular weight is 356 g/mol. The number of ether oxygens (including phenoxy) is 1. The molecule has 0 rings (SSSR count). The number of aliphatic carboxylic acids is 2. The fourth-order valence-corrected chi connectivity index (χ4v) is 1.49. The molecule has 1 unspecified atom stereocenters. The Balaban J connectivity index is -0.000000396. The van der Waals surface area contributed by atoms with Crippen molar-refractivity contribution in [3.63, 3.8) is 0 Å². The Morgan fingerprint density at radius 2 is 1.48 bits per heavy atom. The van der Waals surface area contributed by atoms with E-state index in [-0.39, 0.29) is 5.97 Å². The predicted molar refractivity (Wildman–Crippen MR) is 99.4 cm³/mol. The van der Waals surface area contributed by atoms with Gasteiger partial charge in [0.1, 0.15) is 0 Å². The number of hydrogen-bond donors (Lipinski definition) is 2. The van der Waals surface area contributed by atoms with Gasteiger partial charge in [0.05, 0.1) is 6.61 Å². The molecule has 0 amide bonds. The lowest BCUT2D eigenvalue weighted by Crippen LogP contribution is -2.10. The second kappa shape index (κ2) is 19.7. The SMILES string of the molecule is C=C(C)C(=O)OCCC(CC)CCCC.C=CC(=O)O.C=CC(=O)O. The van der Waals surface area contributed by atoms with E-state index in [1.54, 1.807) is 6.92 Å². The monoisotopic (exact) mass is 356 g/mol. The maximum absolute atomic E-state index is 11.1. The van der Waals surface area contributed by atoms with Crippen molar-refractivity contribution < 1.29 is 29.3 Å². The Morgan fingerprint density at radius 1 is 1.04 bits per heavy atom. The topological polar surface area (TPSA) is 101 Å². The highest BCUT2D eigenvalue weighted by Crippen LogP contribution is 2.16. The zero-order valence-corrected chi connectivity index (χ0v) is 15.6. The summed E-state index contributed by atoms with van der Waals surface area (Å²) in [5, 5.41) is 15.2. The first-order valence-electron chi connectivity index (χ1n) is 8.19. The molecule has 0 saturated heterocycles. The molecule has 0 spiro atoms. The van der Waals surface area contributed by atoms with E-state index in [1.807, 2.05) is 0 Å². The molecule has 0 bridgehead atoms. The Morgan fingerprint density at radius 3 is 1.76 bits per heavy atom. The Hall–Kier alpha value is -2.37. The molecule has 1 atom stereocenters. The third kappa shape index (κ3) is 26.8. The number of carbonyl (C=O) groups excluding carboxylic acids is 1.